The van der Waals surface area contributed by atoms with Crippen molar-refractivity contribution in [1.29, 1.82) is 0 Å². The Kier molecular flexibility index (Phi) is 9.20. The molecule has 0 aromatic heterocycles. The monoisotopic (exact) mass is 410 g/mol. The summed E-state index contributed by atoms with van der Waals surface area (Å²) >= 11 is 3.55. The van der Waals surface area contributed by atoms with Crippen molar-refractivity contribution < 1.29 is 9.53 Å². The summed E-state index contributed by atoms with van der Waals surface area (Å²) in [6, 6.07) is 0. The molecule has 1 fully saturated rings. The molecule has 0 amide bonds. The summed E-state index contributed by atoms with van der Waals surface area (Å²) in [7, 11) is 0. The highest BCUT2D eigenvalue weighted by atomic mass is 79.9. The van der Waals surface area contributed by atoms with Gasteiger partial charge in [-0.3, -0.25) is 4.79 Å². The summed E-state index contributed by atoms with van der Waals surface area (Å²) in [6.07, 6.45) is 15.2. The van der Waals surface area contributed by atoms with Crippen LogP contribution in [0, 0.1) is 23.2 Å². The van der Waals surface area contributed by atoms with Crippen LogP contribution in [-0.4, -0.2) is 17.4 Å². The molecule has 3 heteroatoms. The number of ether oxygens (including phenoxy) is 1. The molecule has 0 spiro atoms. The van der Waals surface area contributed by atoms with Crippen LogP contribution in [0.5, 0.6) is 0 Å². The van der Waals surface area contributed by atoms with E-state index >= 15 is 0 Å². The van der Waals surface area contributed by atoms with Crippen molar-refractivity contribution in [2.24, 2.45) is 23.2 Å². The molecule has 0 saturated heterocycles. The minimum Gasteiger partial charge on any atom is -0.464 e. The summed E-state index contributed by atoms with van der Waals surface area (Å²) < 4.78 is 5.03. The van der Waals surface area contributed by atoms with Gasteiger partial charge in [0.2, 0.25) is 0 Å². The molecular weight excluding hydrogens is 376 g/mol. The van der Waals surface area contributed by atoms with E-state index < -0.39 is 0 Å². The lowest BCUT2D eigenvalue weighted by Gasteiger charge is -2.41. The van der Waals surface area contributed by atoms with Gasteiger partial charge >= 0.3 is 5.97 Å². The first kappa shape index (κ1) is 22.2. The summed E-state index contributed by atoms with van der Waals surface area (Å²) in [5.41, 5.74) is 1.56. The van der Waals surface area contributed by atoms with Gasteiger partial charge in [0.15, 0.2) is 0 Å². The minimum absolute atomic E-state index is 0.0655. The largest absolute Gasteiger partial charge is 0.464 e. The number of alkyl halides is 1. The van der Waals surface area contributed by atoms with Gasteiger partial charge in [0.25, 0.3) is 0 Å². The second kappa shape index (κ2) is 10.4. The average Bonchev–Trinajstić information content (AvgIpc) is 2.51. The molecular formula is C22H35BrO2. The smallest absolute Gasteiger partial charge is 0.302 e. The fourth-order valence-electron chi connectivity index (χ4n) is 3.61. The molecule has 1 saturated carbocycles. The van der Waals surface area contributed by atoms with Gasteiger partial charge < -0.3 is 4.74 Å². The molecule has 1 aliphatic rings. The molecule has 1 aliphatic carbocycles. The molecule has 1 rings (SSSR count). The Morgan fingerprint density at radius 1 is 1.32 bits per heavy atom. The van der Waals surface area contributed by atoms with Crippen molar-refractivity contribution in [3.05, 3.63) is 36.0 Å². The van der Waals surface area contributed by atoms with Crippen LogP contribution in [0.1, 0.15) is 60.8 Å². The first-order chi connectivity index (χ1) is 11.6. The van der Waals surface area contributed by atoms with Gasteiger partial charge in [-0.05, 0) is 36.5 Å². The zero-order valence-electron chi connectivity index (χ0n) is 16.7. The molecule has 0 heterocycles. The van der Waals surface area contributed by atoms with E-state index in [1.807, 2.05) is 6.92 Å². The fraction of sp³-hybridized carbons (Fsp3) is 0.682. The fourth-order valence-corrected chi connectivity index (χ4v) is 3.90. The number of carbonyl (C=O) groups excluding carboxylic acids is 1. The second-order valence-electron chi connectivity index (χ2n) is 8.19. The molecule has 4 unspecified atom stereocenters. The lowest BCUT2D eigenvalue weighted by Crippen LogP contribution is -2.32. The molecule has 142 valence electrons. The van der Waals surface area contributed by atoms with Crippen LogP contribution in [-0.2, 0) is 9.53 Å². The van der Waals surface area contributed by atoms with Crippen LogP contribution in [0.4, 0.5) is 0 Å². The zero-order valence-corrected chi connectivity index (χ0v) is 18.3. The third kappa shape index (κ3) is 7.94. The molecule has 25 heavy (non-hydrogen) atoms. The summed E-state index contributed by atoms with van der Waals surface area (Å²) in [5, 5.41) is 0. The Morgan fingerprint density at radius 3 is 2.60 bits per heavy atom. The topological polar surface area (TPSA) is 26.3 Å². The predicted molar refractivity (Wildman–Crippen MR) is 111 cm³/mol. The van der Waals surface area contributed by atoms with Crippen molar-refractivity contribution in [1.82, 2.24) is 0 Å². The standard InChI is InChI=1S/C22H35BrO2/c1-16(9-7-10-18(3)21(23)15-25-19(4)24)12-13-20-17(2)11-8-14-22(20,5)6/h7,9-10,12-13,16-17,20-21H,8,11,14-15H2,1-6H3/b9-7+,13-12+,18-10+. The van der Waals surface area contributed by atoms with E-state index in [1.165, 1.54) is 26.2 Å². The minimum atomic E-state index is -0.244. The molecule has 0 N–H and O–H groups in total. The number of carbonyl (C=O) groups is 1. The van der Waals surface area contributed by atoms with Gasteiger partial charge in [0, 0.05) is 6.92 Å². The SMILES string of the molecule is CC(=O)OCC(Br)/C(C)=C/C=C/C(C)/C=C/C1C(C)CCCC1(C)C. The molecule has 4 atom stereocenters. The lowest BCUT2D eigenvalue weighted by molar-refractivity contribution is -0.140. The van der Waals surface area contributed by atoms with Gasteiger partial charge in [-0.2, -0.15) is 0 Å². The van der Waals surface area contributed by atoms with E-state index in [0.717, 1.165) is 11.5 Å². The van der Waals surface area contributed by atoms with Crippen molar-refractivity contribution in [3.8, 4) is 0 Å². The zero-order chi connectivity index (χ0) is 19.0. The third-order valence-electron chi connectivity index (χ3n) is 5.32. The van der Waals surface area contributed by atoms with E-state index in [9.17, 15) is 4.79 Å². The van der Waals surface area contributed by atoms with E-state index in [-0.39, 0.29) is 10.8 Å². The van der Waals surface area contributed by atoms with Crippen LogP contribution in [0.2, 0.25) is 0 Å². The van der Waals surface area contributed by atoms with Gasteiger partial charge in [-0.25, -0.2) is 0 Å². The maximum absolute atomic E-state index is 10.9. The van der Waals surface area contributed by atoms with E-state index in [2.05, 4.69) is 74.0 Å². The first-order valence-corrected chi connectivity index (χ1v) is 10.4. The maximum atomic E-state index is 10.9. The Balaban J connectivity index is 2.57. The number of rotatable bonds is 7. The highest BCUT2D eigenvalue weighted by Gasteiger charge is 2.34. The molecule has 0 aromatic carbocycles. The lowest BCUT2D eigenvalue weighted by atomic mass is 9.64. The Morgan fingerprint density at radius 2 is 2.00 bits per heavy atom. The molecule has 0 bridgehead atoms. The maximum Gasteiger partial charge on any atom is 0.302 e. The molecule has 0 aromatic rings. The highest BCUT2D eigenvalue weighted by Crippen LogP contribution is 2.44. The van der Waals surface area contributed by atoms with Gasteiger partial charge in [-0.15, -0.1) is 0 Å². The van der Waals surface area contributed by atoms with Gasteiger partial charge in [0.05, 0.1) is 4.83 Å². The second-order valence-corrected chi connectivity index (χ2v) is 9.30. The number of hydrogen-bond donors (Lipinski definition) is 0. The Hall–Kier alpha value is -0.830. The first-order valence-electron chi connectivity index (χ1n) is 9.44. The Labute approximate surface area is 162 Å². The van der Waals surface area contributed by atoms with Crippen molar-refractivity contribution in [2.75, 3.05) is 6.61 Å². The van der Waals surface area contributed by atoms with Crippen LogP contribution in [0.15, 0.2) is 36.0 Å². The number of halogens is 1. The highest BCUT2D eigenvalue weighted by molar-refractivity contribution is 9.09. The van der Waals surface area contributed by atoms with Crippen LogP contribution < -0.4 is 0 Å². The van der Waals surface area contributed by atoms with Crippen molar-refractivity contribution >= 4 is 21.9 Å². The summed E-state index contributed by atoms with van der Waals surface area (Å²) in [4.78, 5) is 10.9. The predicted octanol–water partition coefficient (Wildman–Crippen LogP) is 6.47. The molecule has 0 aliphatic heterocycles. The van der Waals surface area contributed by atoms with E-state index in [1.54, 1.807) is 0 Å². The van der Waals surface area contributed by atoms with Crippen LogP contribution >= 0.6 is 15.9 Å². The molecule has 0 radical (unpaired) electrons. The summed E-state index contributed by atoms with van der Waals surface area (Å²) in [5.74, 6) is 1.61. The van der Waals surface area contributed by atoms with E-state index in [0.29, 0.717) is 23.9 Å². The number of hydrogen-bond acceptors (Lipinski definition) is 2. The van der Waals surface area contributed by atoms with E-state index in [4.69, 9.17) is 4.74 Å². The Bertz CT molecular complexity index is 516. The molecule has 2 nitrogen and oxygen atoms in total. The average molecular weight is 411 g/mol. The summed E-state index contributed by atoms with van der Waals surface area (Å²) in [6.45, 7) is 13.3. The van der Waals surface area contributed by atoms with Crippen molar-refractivity contribution in [3.63, 3.8) is 0 Å². The number of esters is 1. The normalized spacial score (nSPS) is 26.8. The van der Waals surface area contributed by atoms with Gasteiger partial charge in [0.1, 0.15) is 6.61 Å². The third-order valence-corrected chi connectivity index (χ3v) is 6.31. The van der Waals surface area contributed by atoms with Crippen LogP contribution in [0.25, 0.3) is 0 Å². The van der Waals surface area contributed by atoms with Gasteiger partial charge in [-0.1, -0.05) is 92.4 Å². The van der Waals surface area contributed by atoms with Crippen molar-refractivity contribution in [2.45, 2.75) is 65.6 Å². The number of allylic oxidation sites excluding steroid dienone is 5. The quantitative estimate of drug-likeness (QED) is 0.208. The van der Waals surface area contributed by atoms with Crippen LogP contribution in [0.3, 0.4) is 0 Å².